The predicted molar refractivity (Wildman–Crippen MR) is 205 cm³/mol. The minimum absolute atomic E-state index is 0. The molecular formula is C46H56O3W. The van der Waals surface area contributed by atoms with Crippen LogP contribution in [-0.2, 0) is 35.3 Å². The van der Waals surface area contributed by atoms with Crippen molar-refractivity contribution in [3.05, 3.63) is 119 Å². The fourth-order valence-corrected chi connectivity index (χ4v) is 6.31. The summed E-state index contributed by atoms with van der Waals surface area (Å²) >= 11 is 0. The van der Waals surface area contributed by atoms with Crippen LogP contribution in [0, 0.1) is 126 Å². The van der Waals surface area contributed by atoms with Crippen molar-refractivity contribution in [2.75, 3.05) is 6.79 Å². The molecule has 0 atom stereocenters. The van der Waals surface area contributed by atoms with Crippen LogP contribution in [0.15, 0.2) is 12.2 Å². The molecule has 0 aromatic heterocycles. The van der Waals surface area contributed by atoms with E-state index in [1.165, 1.54) is 77.9 Å². The summed E-state index contributed by atoms with van der Waals surface area (Å²) in [6.07, 6.45) is 6.77. The number of hydrogen-bond donors (Lipinski definition) is 0. The van der Waals surface area contributed by atoms with Crippen molar-refractivity contribution in [2.24, 2.45) is 0 Å². The molecule has 0 N–H and O–H groups in total. The van der Waals surface area contributed by atoms with E-state index in [1.807, 2.05) is 0 Å². The Kier molecular flexibility index (Phi) is 16.1. The number of ether oxygens (including phenoxy) is 2. The van der Waals surface area contributed by atoms with Crippen molar-refractivity contribution >= 4 is 5.97 Å². The van der Waals surface area contributed by atoms with Gasteiger partial charge in [0, 0.05) is 22.3 Å². The number of rotatable bonds is 4. The van der Waals surface area contributed by atoms with Gasteiger partial charge < -0.3 is 15.9 Å². The van der Waals surface area contributed by atoms with E-state index in [-0.39, 0.29) is 39.9 Å². The predicted octanol–water partition coefficient (Wildman–Crippen LogP) is 10.5. The molecule has 1 aliphatic carbocycles. The summed E-state index contributed by atoms with van der Waals surface area (Å²) in [4.78, 5) is 11.0. The Hall–Kier alpha value is -3.36. The molecule has 3 nitrogen and oxygen atoms in total. The molecule has 0 unspecified atom stereocenters. The van der Waals surface area contributed by atoms with Gasteiger partial charge in [0.15, 0.2) is 6.79 Å². The Morgan fingerprint density at radius 2 is 0.940 bits per heavy atom. The first-order chi connectivity index (χ1) is 23.0. The van der Waals surface area contributed by atoms with Gasteiger partial charge in [-0.2, -0.15) is 30.0 Å². The van der Waals surface area contributed by atoms with Crippen LogP contribution in [0.3, 0.4) is 0 Å². The van der Waals surface area contributed by atoms with Gasteiger partial charge in [-0.15, -0.1) is 11.1 Å². The molecule has 0 bridgehead atoms. The average molecular weight is 841 g/mol. The molecule has 1 saturated carbocycles. The van der Waals surface area contributed by atoms with E-state index in [2.05, 4.69) is 133 Å². The van der Waals surface area contributed by atoms with E-state index in [0.717, 1.165) is 42.4 Å². The maximum atomic E-state index is 11.0. The Morgan fingerprint density at radius 3 is 1.30 bits per heavy atom. The first-order valence-electron chi connectivity index (χ1n) is 17.5. The number of hydrogen-bond acceptors (Lipinski definition) is 3. The van der Waals surface area contributed by atoms with E-state index >= 15 is 0 Å². The van der Waals surface area contributed by atoms with Gasteiger partial charge in [0.1, 0.15) is 0 Å². The molecular weight excluding hydrogens is 784 g/mol. The van der Waals surface area contributed by atoms with Crippen molar-refractivity contribution in [1.82, 2.24) is 0 Å². The summed E-state index contributed by atoms with van der Waals surface area (Å²) < 4.78 is 10.2. The van der Waals surface area contributed by atoms with Crippen LogP contribution in [0.5, 0.6) is 0 Å². The number of carbonyl (C=O) groups excluding carboxylic acids is 1. The van der Waals surface area contributed by atoms with Crippen LogP contribution in [-0.4, -0.2) is 18.9 Å². The third-order valence-corrected chi connectivity index (χ3v) is 10.7. The minimum atomic E-state index is -0.382. The van der Waals surface area contributed by atoms with Crippen LogP contribution in [0.4, 0.5) is 0 Å². The van der Waals surface area contributed by atoms with E-state index in [1.54, 1.807) is 6.92 Å². The molecule has 50 heavy (non-hydrogen) atoms. The summed E-state index contributed by atoms with van der Waals surface area (Å²) in [5.41, 5.74) is 21.3. The number of aryl methyl sites for hydroxylation is 2. The van der Waals surface area contributed by atoms with Gasteiger partial charge in [-0.05, 0) is 119 Å². The zero-order valence-corrected chi connectivity index (χ0v) is 36.0. The van der Waals surface area contributed by atoms with Crippen LogP contribution >= 0.6 is 0 Å². The van der Waals surface area contributed by atoms with E-state index in [9.17, 15) is 4.79 Å². The second-order valence-corrected chi connectivity index (χ2v) is 13.8. The fraction of sp³-hybridized carbons (Fsp3) is 0.435. The van der Waals surface area contributed by atoms with E-state index in [0.29, 0.717) is 5.57 Å². The summed E-state index contributed by atoms with van der Waals surface area (Å²) in [7, 11) is 0. The molecule has 0 amide bonds. The fourth-order valence-electron chi connectivity index (χ4n) is 6.31. The van der Waals surface area contributed by atoms with Gasteiger partial charge >= 0.3 is 27.0 Å². The summed E-state index contributed by atoms with van der Waals surface area (Å²) in [6.45, 7) is 33.4. The third-order valence-electron chi connectivity index (χ3n) is 10.7. The molecule has 0 radical (unpaired) electrons. The topological polar surface area (TPSA) is 35.5 Å². The van der Waals surface area contributed by atoms with Crippen LogP contribution in [0.2, 0.25) is 0 Å². The van der Waals surface area contributed by atoms with Crippen molar-refractivity contribution in [3.8, 4) is 23.7 Å². The Bertz CT molecular complexity index is 1810. The molecule has 0 aliphatic heterocycles. The number of esters is 1. The standard InChI is InChI=1S/C35H39.C11H17O3.W/c1-19-18-20(2)22(4)32(21(19)3)14-15-34-28(10)30(12)35(31(13)29(34)11)17-16-33-26(8)24(6)23(5)25(7)27(33)9;1-9(2)11(12)14-8-13-10-6-4-3-5-7-10;/h1-13H3;3,10H,1,4-8H2,2H3;/q2*-1;+2. The van der Waals surface area contributed by atoms with Crippen molar-refractivity contribution in [1.29, 1.82) is 0 Å². The van der Waals surface area contributed by atoms with Crippen LogP contribution < -0.4 is 0 Å². The smallest absolute Gasteiger partial charge is 0.435 e. The van der Waals surface area contributed by atoms with Crippen LogP contribution in [0.1, 0.15) is 127 Å². The molecule has 0 saturated heterocycles. The summed E-state index contributed by atoms with van der Waals surface area (Å²) in [6, 6.07) is 3.46. The molecule has 4 rings (SSSR count). The van der Waals surface area contributed by atoms with Crippen molar-refractivity contribution in [2.45, 2.75) is 129 Å². The zero-order chi connectivity index (χ0) is 36.7. The second kappa shape index (κ2) is 18.8. The molecule has 4 heteroatoms. The normalized spacial score (nSPS) is 12.4. The van der Waals surface area contributed by atoms with Gasteiger partial charge in [0.05, 0.1) is 6.10 Å². The van der Waals surface area contributed by atoms with Crippen LogP contribution in [0.25, 0.3) is 0 Å². The van der Waals surface area contributed by atoms with Crippen molar-refractivity contribution < 1.29 is 35.3 Å². The summed E-state index contributed by atoms with van der Waals surface area (Å²) in [5.74, 6) is 13.8. The van der Waals surface area contributed by atoms with Gasteiger partial charge in [-0.25, -0.2) is 4.79 Å². The molecule has 1 aliphatic rings. The molecule has 264 valence electrons. The second-order valence-electron chi connectivity index (χ2n) is 13.8. The average Bonchev–Trinajstić information content (AvgIpc) is 3.07. The number of benzene rings is 3. The molecule has 0 heterocycles. The van der Waals surface area contributed by atoms with Gasteiger partial charge in [-0.3, -0.25) is 0 Å². The van der Waals surface area contributed by atoms with Gasteiger partial charge in [0.25, 0.3) is 0 Å². The third kappa shape index (κ3) is 9.91. The number of carbonyl (C=O) groups is 1. The Morgan fingerprint density at radius 1 is 0.620 bits per heavy atom. The quantitative estimate of drug-likeness (QED) is 0.0863. The molecule has 1 fully saturated rings. The first kappa shape index (κ1) is 42.8. The first-order valence-corrected chi connectivity index (χ1v) is 17.5. The minimum Gasteiger partial charge on any atom is -0.435 e. The molecule has 3 aromatic carbocycles. The largest absolute Gasteiger partial charge is 2.00 e. The zero-order valence-electron chi connectivity index (χ0n) is 33.0. The van der Waals surface area contributed by atoms with E-state index in [4.69, 9.17) is 9.47 Å². The Labute approximate surface area is 318 Å². The van der Waals surface area contributed by atoms with Gasteiger partial charge in [-0.1, -0.05) is 76.4 Å². The van der Waals surface area contributed by atoms with E-state index < -0.39 is 0 Å². The summed E-state index contributed by atoms with van der Waals surface area (Å²) in [5, 5.41) is 0. The molecule has 3 aromatic rings. The Balaban J connectivity index is 0.000000485. The maximum absolute atomic E-state index is 11.0. The van der Waals surface area contributed by atoms with Gasteiger partial charge in [0.2, 0.25) is 0 Å². The maximum Gasteiger partial charge on any atom is 2.00 e. The monoisotopic (exact) mass is 840 g/mol. The SMILES string of the molecule is C=C(C)C(=O)OCOC1CC[CH-]CC1.Cc1[c-]c(C)c(C)c(C#Cc2c(C)c(C)c(C#Cc3c(C)c(C)c(C)c(C)c3C)c(C)c2C)c1C.[W+2]. The molecule has 0 spiro atoms. The van der Waals surface area contributed by atoms with Crippen molar-refractivity contribution in [3.63, 3.8) is 0 Å².